The maximum absolute atomic E-state index is 12.4. The number of amides is 1. The third-order valence-corrected chi connectivity index (χ3v) is 4.92. The van der Waals surface area contributed by atoms with Gasteiger partial charge in [0.2, 0.25) is 0 Å². The normalized spacial score (nSPS) is 17.9. The fourth-order valence-corrected chi connectivity index (χ4v) is 3.22. The first-order valence-electron chi connectivity index (χ1n) is 9.05. The number of fused-ring (bicyclic) bond motifs is 1. The van der Waals surface area contributed by atoms with Crippen LogP contribution in [0.15, 0.2) is 42.5 Å². The summed E-state index contributed by atoms with van der Waals surface area (Å²) in [5.41, 5.74) is 7.62. The van der Waals surface area contributed by atoms with Crippen molar-refractivity contribution in [2.24, 2.45) is 5.73 Å². The van der Waals surface area contributed by atoms with Crippen LogP contribution in [0.4, 0.5) is 5.69 Å². The predicted octanol–water partition coefficient (Wildman–Crippen LogP) is 3.17. The fraction of sp³-hybridized carbons (Fsp3) is 0.286. The van der Waals surface area contributed by atoms with Crippen molar-refractivity contribution in [3.8, 4) is 5.75 Å². The second-order valence-electron chi connectivity index (χ2n) is 7.21. The van der Waals surface area contributed by atoms with Crippen molar-refractivity contribution in [3.63, 3.8) is 0 Å². The van der Waals surface area contributed by atoms with Crippen molar-refractivity contribution in [3.05, 3.63) is 59.2 Å². The molecule has 7 heteroatoms. The highest BCUT2D eigenvalue weighted by Crippen LogP contribution is 2.37. The van der Waals surface area contributed by atoms with Gasteiger partial charge < -0.3 is 20.9 Å². The van der Waals surface area contributed by atoms with E-state index in [9.17, 15) is 9.59 Å². The van der Waals surface area contributed by atoms with Gasteiger partial charge in [-0.2, -0.15) is 0 Å². The van der Waals surface area contributed by atoms with E-state index in [-0.39, 0.29) is 18.2 Å². The van der Waals surface area contributed by atoms with Crippen molar-refractivity contribution >= 4 is 23.4 Å². The Balaban J connectivity index is 1.68. The maximum Gasteiger partial charge on any atom is 0.303 e. The molecule has 28 heavy (non-hydrogen) atoms. The lowest BCUT2D eigenvalue weighted by atomic mass is 9.88. The number of carbonyl (C=O) groups is 2. The Labute approximate surface area is 163 Å². The third kappa shape index (κ3) is 4.49. The highest BCUT2D eigenvalue weighted by Gasteiger charge is 2.32. The number of carboxylic acid groups (broad SMARTS) is 1. The molecule has 0 radical (unpaired) electrons. The standard InChI is InChI=1S/C21H23N3O4/c1-21(11-9-18(25)26)10-8-15-12-16(6-7-17(15)28-21)24-20(27)14-4-2-13(3-5-14)19(22)23/h2-7,12H,8-11H2,1H3,(H3,22,23)(H,24,27)(H,25,26). The molecule has 7 nitrogen and oxygen atoms in total. The third-order valence-electron chi connectivity index (χ3n) is 4.92. The van der Waals surface area contributed by atoms with E-state index in [2.05, 4.69) is 5.32 Å². The summed E-state index contributed by atoms with van der Waals surface area (Å²) in [7, 11) is 0. The highest BCUT2D eigenvalue weighted by molar-refractivity contribution is 6.05. The number of aryl methyl sites for hydroxylation is 1. The zero-order valence-electron chi connectivity index (χ0n) is 15.6. The number of carboxylic acids is 1. The van der Waals surface area contributed by atoms with E-state index in [1.807, 2.05) is 19.1 Å². The van der Waals surface area contributed by atoms with Gasteiger partial charge in [-0.25, -0.2) is 0 Å². The molecule has 0 aliphatic carbocycles. The monoisotopic (exact) mass is 381 g/mol. The number of hydrogen-bond acceptors (Lipinski definition) is 4. The van der Waals surface area contributed by atoms with Crippen molar-refractivity contribution < 1.29 is 19.4 Å². The minimum absolute atomic E-state index is 0.0444. The molecule has 2 aromatic carbocycles. The van der Waals surface area contributed by atoms with E-state index in [1.54, 1.807) is 30.3 Å². The van der Waals surface area contributed by atoms with Crippen molar-refractivity contribution in [1.29, 1.82) is 5.41 Å². The average Bonchev–Trinajstić information content (AvgIpc) is 2.67. The second kappa shape index (κ2) is 7.72. The molecule has 1 aliphatic heterocycles. The minimum atomic E-state index is -0.829. The van der Waals surface area contributed by atoms with Crippen LogP contribution < -0.4 is 15.8 Å². The topological polar surface area (TPSA) is 126 Å². The summed E-state index contributed by atoms with van der Waals surface area (Å²) in [6, 6.07) is 12.0. The van der Waals surface area contributed by atoms with E-state index in [4.69, 9.17) is 21.0 Å². The summed E-state index contributed by atoms with van der Waals surface area (Å²) in [5, 5.41) is 19.2. The van der Waals surface area contributed by atoms with Crippen LogP contribution in [0.25, 0.3) is 0 Å². The summed E-state index contributed by atoms with van der Waals surface area (Å²) in [6.07, 6.45) is 2.00. The summed E-state index contributed by atoms with van der Waals surface area (Å²) >= 11 is 0. The maximum atomic E-state index is 12.4. The van der Waals surface area contributed by atoms with Gasteiger partial charge in [-0.1, -0.05) is 12.1 Å². The molecule has 0 saturated heterocycles. The lowest BCUT2D eigenvalue weighted by molar-refractivity contribution is -0.138. The Kier molecular flexibility index (Phi) is 5.35. The molecule has 2 aromatic rings. The summed E-state index contributed by atoms with van der Waals surface area (Å²) in [5.74, 6) is -0.400. The number of anilines is 1. The van der Waals surface area contributed by atoms with Crippen LogP contribution in [0.3, 0.4) is 0 Å². The largest absolute Gasteiger partial charge is 0.487 e. The van der Waals surface area contributed by atoms with Crippen LogP contribution in [0, 0.1) is 5.41 Å². The second-order valence-corrected chi connectivity index (χ2v) is 7.21. The molecule has 0 saturated carbocycles. The number of benzene rings is 2. The lowest BCUT2D eigenvalue weighted by Gasteiger charge is -2.35. The van der Waals surface area contributed by atoms with E-state index < -0.39 is 11.6 Å². The van der Waals surface area contributed by atoms with Crippen LogP contribution in [-0.2, 0) is 11.2 Å². The van der Waals surface area contributed by atoms with Gasteiger partial charge in [-0.05, 0) is 62.1 Å². The Bertz CT molecular complexity index is 924. The first-order valence-corrected chi connectivity index (χ1v) is 9.05. The molecule has 1 aliphatic rings. The molecule has 0 bridgehead atoms. The Morgan fingerprint density at radius 1 is 1.21 bits per heavy atom. The van der Waals surface area contributed by atoms with E-state index in [1.165, 1.54) is 0 Å². The fourth-order valence-electron chi connectivity index (χ4n) is 3.22. The van der Waals surface area contributed by atoms with Crippen molar-refractivity contribution in [2.45, 2.75) is 38.2 Å². The average molecular weight is 381 g/mol. The molecule has 146 valence electrons. The van der Waals surface area contributed by atoms with Crippen LogP contribution in [0.5, 0.6) is 5.75 Å². The van der Waals surface area contributed by atoms with Gasteiger partial charge in [0, 0.05) is 23.2 Å². The smallest absolute Gasteiger partial charge is 0.303 e. The molecule has 1 amide bonds. The zero-order chi connectivity index (χ0) is 20.3. The van der Waals surface area contributed by atoms with E-state index >= 15 is 0 Å². The number of ether oxygens (including phenoxy) is 1. The van der Waals surface area contributed by atoms with Crippen molar-refractivity contribution in [2.75, 3.05) is 5.32 Å². The number of aliphatic carboxylic acids is 1. The molecule has 1 atom stereocenters. The minimum Gasteiger partial charge on any atom is -0.487 e. The number of nitrogens with one attached hydrogen (secondary N) is 2. The van der Waals surface area contributed by atoms with E-state index in [0.29, 0.717) is 23.2 Å². The molecule has 0 aromatic heterocycles. The number of rotatable bonds is 6. The zero-order valence-corrected chi connectivity index (χ0v) is 15.6. The first-order chi connectivity index (χ1) is 13.3. The highest BCUT2D eigenvalue weighted by atomic mass is 16.5. The number of carbonyl (C=O) groups excluding carboxylic acids is 1. The van der Waals surface area contributed by atoms with Gasteiger partial charge in [0.1, 0.15) is 17.2 Å². The van der Waals surface area contributed by atoms with Crippen LogP contribution in [0.1, 0.15) is 47.7 Å². The molecule has 0 spiro atoms. The number of nitrogen functional groups attached to an aromatic ring is 1. The van der Waals surface area contributed by atoms with Gasteiger partial charge in [0.15, 0.2) is 0 Å². The van der Waals surface area contributed by atoms with Gasteiger partial charge in [0.25, 0.3) is 5.91 Å². The number of nitrogens with two attached hydrogens (primary N) is 1. The Morgan fingerprint density at radius 2 is 1.89 bits per heavy atom. The molecule has 1 unspecified atom stereocenters. The van der Waals surface area contributed by atoms with Gasteiger partial charge in [0.05, 0.1) is 0 Å². The lowest BCUT2D eigenvalue weighted by Crippen LogP contribution is -2.36. The van der Waals surface area contributed by atoms with Crippen molar-refractivity contribution in [1.82, 2.24) is 0 Å². The summed E-state index contributed by atoms with van der Waals surface area (Å²) in [6.45, 7) is 1.93. The molecule has 3 rings (SSSR count). The summed E-state index contributed by atoms with van der Waals surface area (Å²) in [4.78, 5) is 23.3. The van der Waals surface area contributed by atoms with Crippen LogP contribution in [-0.4, -0.2) is 28.4 Å². The van der Waals surface area contributed by atoms with Crippen LogP contribution in [0.2, 0.25) is 0 Å². The number of hydrogen-bond donors (Lipinski definition) is 4. The van der Waals surface area contributed by atoms with Gasteiger partial charge in [-0.15, -0.1) is 0 Å². The molecular weight excluding hydrogens is 358 g/mol. The van der Waals surface area contributed by atoms with Gasteiger partial charge in [-0.3, -0.25) is 15.0 Å². The van der Waals surface area contributed by atoms with Gasteiger partial charge >= 0.3 is 5.97 Å². The molecule has 5 N–H and O–H groups in total. The molecular formula is C21H23N3O4. The Hall–Kier alpha value is -3.35. The number of amidine groups is 1. The molecule has 0 fully saturated rings. The summed E-state index contributed by atoms with van der Waals surface area (Å²) < 4.78 is 6.04. The van der Waals surface area contributed by atoms with Crippen LogP contribution >= 0.6 is 0 Å². The Morgan fingerprint density at radius 3 is 2.54 bits per heavy atom. The SMILES string of the molecule is CC1(CCC(=O)O)CCc2cc(NC(=O)c3ccc(C(=N)N)cc3)ccc2O1. The molecule has 1 heterocycles. The predicted molar refractivity (Wildman–Crippen MR) is 106 cm³/mol. The van der Waals surface area contributed by atoms with E-state index in [0.717, 1.165) is 24.2 Å². The first kappa shape index (κ1) is 19.4. The quantitative estimate of drug-likeness (QED) is 0.452.